The van der Waals surface area contributed by atoms with Gasteiger partial charge in [-0.15, -0.1) is 0 Å². The lowest BCUT2D eigenvalue weighted by atomic mass is 10.1. The van der Waals surface area contributed by atoms with E-state index in [1.54, 1.807) is 7.11 Å². The van der Waals surface area contributed by atoms with Gasteiger partial charge in [0.25, 0.3) is 0 Å². The van der Waals surface area contributed by atoms with Crippen LogP contribution in [0.1, 0.15) is 25.3 Å². The molecule has 18 heavy (non-hydrogen) atoms. The Morgan fingerprint density at radius 2 is 2.06 bits per heavy atom. The van der Waals surface area contributed by atoms with Crippen LogP contribution in [0.15, 0.2) is 24.3 Å². The molecule has 0 spiro atoms. The third-order valence-electron chi connectivity index (χ3n) is 2.60. The van der Waals surface area contributed by atoms with Crippen LogP contribution in [0.5, 0.6) is 5.75 Å². The molecule has 0 unspecified atom stereocenters. The summed E-state index contributed by atoms with van der Waals surface area (Å²) in [5.74, 6) is 0.876. The van der Waals surface area contributed by atoms with E-state index in [0.717, 1.165) is 31.6 Å². The summed E-state index contributed by atoms with van der Waals surface area (Å²) in [7, 11) is 1.67. The third-order valence-corrected chi connectivity index (χ3v) is 2.60. The van der Waals surface area contributed by atoms with Crippen LogP contribution in [-0.2, 0) is 6.42 Å². The van der Waals surface area contributed by atoms with Gasteiger partial charge in [-0.1, -0.05) is 19.1 Å². The van der Waals surface area contributed by atoms with Crippen LogP contribution in [0.25, 0.3) is 0 Å². The highest BCUT2D eigenvalue weighted by Crippen LogP contribution is 2.13. The molecule has 0 aliphatic carbocycles. The molecule has 0 saturated heterocycles. The molecule has 0 heterocycles. The molecule has 0 bridgehead atoms. The van der Waals surface area contributed by atoms with Crippen LogP contribution < -0.4 is 15.4 Å². The van der Waals surface area contributed by atoms with E-state index in [-0.39, 0.29) is 6.03 Å². The van der Waals surface area contributed by atoms with Crippen molar-refractivity contribution in [3.8, 4) is 5.75 Å². The largest absolute Gasteiger partial charge is 0.497 e. The lowest BCUT2D eigenvalue weighted by Gasteiger charge is -2.07. The minimum Gasteiger partial charge on any atom is -0.497 e. The molecule has 4 heteroatoms. The quantitative estimate of drug-likeness (QED) is 0.730. The molecule has 4 nitrogen and oxygen atoms in total. The summed E-state index contributed by atoms with van der Waals surface area (Å²) in [6.07, 6.45) is 2.81. The normalized spacial score (nSPS) is 9.89. The fourth-order valence-electron chi connectivity index (χ4n) is 1.62. The maximum Gasteiger partial charge on any atom is 0.314 e. The number of urea groups is 1. The van der Waals surface area contributed by atoms with Crippen molar-refractivity contribution in [1.29, 1.82) is 0 Å². The Kier molecular flexibility index (Phi) is 6.69. The Morgan fingerprint density at radius 1 is 1.28 bits per heavy atom. The van der Waals surface area contributed by atoms with Gasteiger partial charge in [0, 0.05) is 13.1 Å². The molecular formula is C14H22N2O2. The molecule has 0 aromatic heterocycles. The summed E-state index contributed by atoms with van der Waals surface area (Å²) in [4.78, 5) is 11.3. The number of carbonyl (C=O) groups is 1. The molecule has 0 saturated carbocycles. The van der Waals surface area contributed by atoms with Gasteiger partial charge in [0.15, 0.2) is 0 Å². The van der Waals surface area contributed by atoms with Gasteiger partial charge in [-0.05, 0) is 37.0 Å². The number of carbonyl (C=O) groups excluding carboxylic acids is 1. The lowest BCUT2D eigenvalue weighted by molar-refractivity contribution is 0.241. The topological polar surface area (TPSA) is 50.4 Å². The van der Waals surface area contributed by atoms with E-state index in [9.17, 15) is 4.79 Å². The Morgan fingerprint density at radius 3 is 2.78 bits per heavy atom. The number of hydrogen-bond acceptors (Lipinski definition) is 2. The van der Waals surface area contributed by atoms with E-state index in [1.165, 1.54) is 5.56 Å². The Bertz CT molecular complexity index is 367. The van der Waals surface area contributed by atoms with Crippen LogP contribution in [-0.4, -0.2) is 26.2 Å². The van der Waals surface area contributed by atoms with Gasteiger partial charge in [0.1, 0.15) is 5.75 Å². The van der Waals surface area contributed by atoms with Gasteiger partial charge in [-0.3, -0.25) is 0 Å². The Hall–Kier alpha value is -1.71. The van der Waals surface area contributed by atoms with E-state index < -0.39 is 0 Å². The van der Waals surface area contributed by atoms with Crippen molar-refractivity contribution in [2.24, 2.45) is 0 Å². The van der Waals surface area contributed by atoms with Gasteiger partial charge in [0.2, 0.25) is 0 Å². The summed E-state index contributed by atoms with van der Waals surface area (Å²) in [5, 5.41) is 5.61. The number of methoxy groups -OCH3 is 1. The van der Waals surface area contributed by atoms with Gasteiger partial charge in [-0.25, -0.2) is 4.79 Å². The van der Waals surface area contributed by atoms with Gasteiger partial charge in [0.05, 0.1) is 7.11 Å². The maximum atomic E-state index is 11.3. The summed E-state index contributed by atoms with van der Waals surface area (Å²) in [6.45, 7) is 3.44. The smallest absolute Gasteiger partial charge is 0.314 e. The number of ether oxygens (including phenoxy) is 1. The summed E-state index contributed by atoms with van der Waals surface area (Å²) < 4.78 is 5.16. The highest BCUT2D eigenvalue weighted by molar-refractivity contribution is 5.73. The van der Waals surface area contributed by atoms with E-state index in [0.29, 0.717) is 6.54 Å². The van der Waals surface area contributed by atoms with E-state index in [4.69, 9.17) is 4.74 Å². The first-order valence-electron chi connectivity index (χ1n) is 6.41. The second kappa shape index (κ2) is 8.39. The zero-order valence-corrected chi connectivity index (χ0v) is 11.2. The number of aryl methyl sites for hydroxylation is 1. The van der Waals surface area contributed by atoms with Gasteiger partial charge < -0.3 is 15.4 Å². The van der Waals surface area contributed by atoms with Crippen molar-refractivity contribution in [3.05, 3.63) is 29.8 Å². The van der Waals surface area contributed by atoms with Crippen LogP contribution in [0.3, 0.4) is 0 Å². The van der Waals surface area contributed by atoms with Crippen LogP contribution >= 0.6 is 0 Å². The molecule has 1 aromatic rings. The number of benzene rings is 1. The second-order valence-corrected chi connectivity index (χ2v) is 4.14. The van der Waals surface area contributed by atoms with Gasteiger partial charge in [-0.2, -0.15) is 0 Å². The fourth-order valence-corrected chi connectivity index (χ4v) is 1.62. The number of nitrogens with one attached hydrogen (secondary N) is 2. The van der Waals surface area contributed by atoms with Crippen LogP contribution in [0.2, 0.25) is 0 Å². The maximum absolute atomic E-state index is 11.3. The zero-order valence-electron chi connectivity index (χ0n) is 11.2. The first kappa shape index (κ1) is 14.4. The molecule has 2 amide bonds. The molecule has 0 aliphatic heterocycles. The summed E-state index contributed by atoms with van der Waals surface area (Å²) in [6, 6.07) is 7.93. The Balaban J connectivity index is 2.19. The van der Waals surface area contributed by atoms with Crippen molar-refractivity contribution in [2.75, 3.05) is 20.2 Å². The van der Waals surface area contributed by atoms with Crippen molar-refractivity contribution >= 4 is 6.03 Å². The molecule has 0 aliphatic rings. The second-order valence-electron chi connectivity index (χ2n) is 4.14. The van der Waals surface area contributed by atoms with Gasteiger partial charge >= 0.3 is 6.03 Å². The average molecular weight is 250 g/mol. The third kappa shape index (κ3) is 5.57. The van der Waals surface area contributed by atoms with E-state index in [1.807, 2.05) is 25.1 Å². The predicted molar refractivity (Wildman–Crippen MR) is 73.0 cm³/mol. The molecule has 100 valence electrons. The van der Waals surface area contributed by atoms with Crippen molar-refractivity contribution in [3.63, 3.8) is 0 Å². The molecule has 2 N–H and O–H groups in total. The first-order valence-corrected chi connectivity index (χ1v) is 6.41. The van der Waals surface area contributed by atoms with Crippen LogP contribution in [0.4, 0.5) is 4.79 Å². The predicted octanol–water partition coefficient (Wildman–Crippen LogP) is 2.34. The van der Waals surface area contributed by atoms with Crippen molar-refractivity contribution in [1.82, 2.24) is 10.6 Å². The van der Waals surface area contributed by atoms with Crippen LogP contribution in [0, 0.1) is 0 Å². The number of hydrogen-bond donors (Lipinski definition) is 2. The fraction of sp³-hybridized carbons (Fsp3) is 0.500. The monoisotopic (exact) mass is 250 g/mol. The molecule has 1 aromatic carbocycles. The minimum atomic E-state index is -0.0810. The first-order chi connectivity index (χ1) is 8.76. The highest BCUT2D eigenvalue weighted by Gasteiger charge is 1.99. The van der Waals surface area contributed by atoms with E-state index in [2.05, 4.69) is 16.7 Å². The minimum absolute atomic E-state index is 0.0810. The molecule has 1 rings (SSSR count). The summed E-state index contributed by atoms with van der Waals surface area (Å²) >= 11 is 0. The van der Waals surface area contributed by atoms with E-state index >= 15 is 0 Å². The standard InChI is InChI=1S/C14H22N2O2/c1-3-9-15-14(17)16-10-5-7-12-6-4-8-13(11-12)18-2/h4,6,8,11H,3,5,7,9-10H2,1-2H3,(H2,15,16,17). The average Bonchev–Trinajstić information content (AvgIpc) is 2.41. The molecule has 0 atom stereocenters. The SMILES string of the molecule is CCCNC(=O)NCCCc1cccc(OC)c1. The highest BCUT2D eigenvalue weighted by atomic mass is 16.5. The van der Waals surface area contributed by atoms with Crippen molar-refractivity contribution < 1.29 is 9.53 Å². The Labute approximate surface area is 109 Å². The van der Waals surface area contributed by atoms with Crippen molar-refractivity contribution in [2.45, 2.75) is 26.2 Å². The summed E-state index contributed by atoms with van der Waals surface area (Å²) in [5.41, 5.74) is 1.23. The number of amides is 2. The lowest BCUT2D eigenvalue weighted by Crippen LogP contribution is -2.36. The molecule has 0 fully saturated rings. The number of rotatable bonds is 7. The molecule has 0 radical (unpaired) electrons. The molecular weight excluding hydrogens is 228 g/mol. The zero-order chi connectivity index (χ0) is 13.2.